The topological polar surface area (TPSA) is 145 Å². The van der Waals surface area contributed by atoms with E-state index in [0.29, 0.717) is 52.7 Å². The van der Waals surface area contributed by atoms with Crippen LogP contribution in [0.25, 0.3) is 0 Å². The van der Waals surface area contributed by atoms with Gasteiger partial charge in [0.2, 0.25) is 0 Å². The number of fused-ring (bicyclic) bond motifs is 8. The molecule has 1 spiro atoms. The van der Waals surface area contributed by atoms with Gasteiger partial charge in [-0.1, -0.05) is 31.5 Å². The predicted octanol–water partition coefficient (Wildman–Crippen LogP) is 7.77. The summed E-state index contributed by atoms with van der Waals surface area (Å²) in [6, 6.07) is 17.6. The van der Waals surface area contributed by atoms with E-state index >= 15 is 0 Å². The number of benzene rings is 3. The van der Waals surface area contributed by atoms with Gasteiger partial charge in [0, 0.05) is 42.5 Å². The average Bonchev–Trinajstić information content (AvgIpc) is 3.77. The number of phosphoric ester groups is 1. The molecule has 0 radical (unpaired) electrons. The van der Waals surface area contributed by atoms with Gasteiger partial charge in [-0.2, -0.15) is 0 Å². The Balaban J connectivity index is 1.13. The monoisotopic (exact) mass is 796 g/mol. The number of ether oxygens (including phenoxy) is 9. The maximum absolute atomic E-state index is 14.6. The lowest BCUT2D eigenvalue weighted by atomic mass is 9.77. The van der Waals surface area contributed by atoms with Crippen molar-refractivity contribution in [2.24, 2.45) is 0 Å². The standard InChI is InChI=1S/C41H49O14P/c1-9-11-20-46-24-16-18-28-30(21-24)48-31-22-25(17-19-29(31)41(28)27-15-13-12-14-26(27)38(42)53-41)54-56(43,44-8)55-37-35-33(49-39(4,5)51-35)32(47-23(3)45-10-2)34-36(37)52-40(6,7)50-34/h12-19,21-23,32-37H,9-11,20H2,1-8H3/t23-,32?,33-,34+,35+,36+,37?,41-,56-/m0/s1. The minimum Gasteiger partial charge on any atom is -0.493 e. The molecule has 3 aromatic carbocycles. The molecular formula is C41H49O14P. The number of unbranched alkanes of at least 4 members (excludes halogenated alkanes) is 1. The Bertz CT molecular complexity index is 1990. The second-order valence-electron chi connectivity index (χ2n) is 15.3. The van der Waals surface area contributed by atoms with E-state index in [1.807, 2.05) is 31.2 Å². The minimum absolute atomic E-state index is 0.101. The van der Waals surface area contributed by atoms with E-state index in [1.165, 1.54) is 7.11 Å². The quantitative estimate of drug-likeness (QED) is 0.0719. The van der Waals surface area contributed by atoms with Crippen molar-refractivity contribution in [3.8, 4) is 23.0 Å². The Labute approximate surface area is 326 Å². The Morgan fingerprint density at radius 2 is 1.38 bits per heavy atom. The Kier molecular flexibility index (Phi) is 10.3. The first-order valence-corrected chi connectivity index (χ1v) is 20.6. The van der Waals surface area contributed by atoms with Crippen molar-refractivity contribution in [3.63, 3.8) is 0 Å². The summed E-state index contributed by atoms with van der Waals surface area (Å²) in [5.41, 5.74) is 0.957. The van der Waals surface area contributed by atoms with Crippen LogP contribution in [0.4, 0.5) is 0 Å². The summed E-state index contributed by atoms with van der Waals surface area (Å²) in [4.78, 5) is 13.4. The zero-order valence-corrected chi connectivity index (χ0v) is 33.7. The molecule has 8 rings (SSSR count). The van der Waals surface area contributed by atoms with Gasteiger partial charge in [-0.3, -0.25) is 9.05 Å². The van der Waals surface area contributed by atoms with Crippen molar-refractivity contribution in [1.29, 1.82) is 0 Å². The molecular weight excluding hydrogens is 747 g/mol. The van der Waals surface area contributed by atoms with Gasteiger partial charge in [0.15, 0.2) is 23.5 Å². The Hall–Kier alpha value is -3.56. The van der Waals surface area contributed by atoms with Gasteiger partial charge in [0.1, 0.15) is 59.6 Å². The van der Waals surface area contributed by atoms with Crippen molar-refractivity contribution in [1.82, 2.24) is 0 Å². The fourth-order valence-electron chi connectivity index (χ4n) is 8.29. The molecule has 0 aromatic heterocycles. The molecule has 3 fully saturated rings. The number of esters is 1. The second-order valence-corrected chi connectivity index (χ2v) is 16.9. The number of carbonyl (C=O) groups excluding carboxylic acids is 1. The SMILES string of the molecule is CCCCOc1ccc2c(c1)Oc1cc(O[P@](=O)(OC)OC3[C@@H]4OC(C)(C)O[C@@H]4C(O[C@@H](C)OCC)[C@@H]4OC(C)(C)O[C@@H]34)ccc1[C@@]21OC(=O)c2ccccc21. The van der Waals surface area contributed by atoms with Gasteiger partial charge in [-0.05, 0) is 78.3 Å². The van der Waals surface area contributed by atoms with E-state index < -0.39 is 73.9 Å². The van der Waals surface area contributed by atoms with Gasteiger partial charge in [-0.15, -0.1) is 0 Å². The van der Waals surface area contributed by atoms with E-state index in [0.717, 1.165) is 12.8 Å². The predicted molar refractivity (Wildman–Crippen MR) is 199 cm³/mol. The number of rotatable bonds is 13. The van der Waals surface area contributed by atoms with Crippen LogP contribution in [0.1, 0.15) is 88.4 Å². The lowest BCUT2D eigenvalue weighted by molar-refractivity contribution is -0.239. The first kappa shape index (κ1) is 39.3. The molecule has 9 atom stereocenters. The van der Waals surface area contributed by atoms with E-state index in [-0.39, 0.29) is 5.75 Å². The maximum Gasteiger partial charge on any atom is 0.530 e. The lowest BCUT2D eigenvalue weighted by Crippen LogP contribution is -2.63. The molecule has 15 heteroatoms. The maximum atomic E-state index is 14.6. The molecule has 302 valence electrons. The van der Waals surface area contributed by atoms with Crippen molar-refractivity contribution in [3.05, 3.63) is 82.9 Å². The molecule has 4 heterocycles. The number of phosphoric acid groups is 1. The molecule has 1 saturated carbocycles. The van der Waals surface area contributed by atoms with Crippen molar-refractivity contribution in [2.75, 3.05) is 20.3 Å². The summed E-state index contributed by atoms with van der Waals surface area (Å²) in [5.74, 6) is -1.13. The summed E-state index contributed by atoms with van der Waals surface area (Å²) in [6.45, 7) is 13.8. The lowest BCUT2D eigenvalue weighted by Gasteiger charge is -2.43. The summed E-state index contributed by atoms with van der Waals surface area (Å²) in [6.07, 6.45) is -3.55. The van der Waals surface area contributed by atoms with Crippen LogP contribution >= 0.6 is 7.82 Å². The second kappa shape index (κ2) is 14.7. The molecule has 14 nitrogen and oxygen atoms in total. The van der Waals surface area contributed by atoms with Crippen LogP contribution in [0.5, 0.6) is 23.0 Å². The molecule has 2 saturated heterocycles. The molecule has 2 unspecified atom stereocenters. The third kappa shape index (κ3) is 6.92. The molecule has 0 amide bonds. The van der Waals surface area contributed by atoms with Crippen LogP contribution in [0.2, 0.25) is 0 Å². The first-order chi connectivity index (χ1) is 26.7. The fourth-order valence-corrected chi connectivity index (χ4v) is 9.41. The smallest absolute Gasteiger partial charge is 0.493 e. The van der Waals surface area contributed by atoms with Crippen molar-refractivity contribution < 1.29 is 65.6 Å². The molecule has 0 bridgehead atoms. The van der Waals surface area contributed by atoms with E-state index in [4.69, 9.17) is 56.2 Å². The Morgan fingerprint density at radius 3 is 1.98 bits per heavy atom. The number of carbonyl (C=O) groups is 1. The highest BCUT2D eigenvalue weighted by molar-refractivity contribution is 7.48. The van der Waals surface area contributed by atoms with Crippen LogP contribution in [-0.4, -0.2) is 80.8 Å². The van der Waals surface area contributed by atoms with Gasteiger partial charge < -0.3 is 47.2 Å². The molecule has 3 aromatic rings. The highest BCUT2D eigenvalue weighted by atomic mass is 31.2. The molecule has 4 aliphatic heterocycles. The summed E-state index contributed by atoms with van der Waals surface area (Å²) >= 11 is 0. The van der Waals surface area contributed by atoms with Crippen LogP contribution in [0.3, 0.4) is 0 Å². The highest BCUT2D eigenvalue weighted by Gasteiger charge is 2.66. The summed E-state index contributed by atoms with van der Waals surface area (Å²) in [5, 5.41) is 0. The van der Waals surface area contributed by atoms with Crippen LogP contribution in [-0.2, 0) is 52.4 Å². The summed E-state index contributed by atoms with van der Waals surface area (Å²) in [7, 11) is -3.22. The first-order valence-electron chi connectivity index (χ1n) is 19.1. The number of hydrogen-bond donors (Lipinski definition) is 0. The van der Waals surface area contributed by atoms with Gasteiger partial charge in [0.25, 0.3) is 0 Å². The average molecular weight is 797 g/mol. The highest BCUT2D eigenvalue weighted by Crippen LogP contribution is 2.59. The number of hydrogen-bond acceptors (Lipinski definition) is 14. The molecule has 0 N–H and O–H groups in total. The third-order valence-corrected chi connectivity index (χ3v) is 11.9. The normalized spacial score (nSPS) is 30.5. The molecule has 5 aliphatic rings. The van der Waals surface area contributed by atoms with E-state index in [9.17, 15) is 9.36 Å². The molecule has 1 aliphatic carbocycles. The van der Waals surface area contributed by atoms with E-state index in [1.54, 1.807) is 71.0 Å². The zero-order valence-electron chi connectivity index (χ0n) is 32.8. The zero-order chi connectivity index (χ0) is 39.6. The van der Waals surface area contributed by atoms with Crippen LogP contribution < -0.4 is 14.0 Å². The Morgan fingerprint density at radius 1 is 0.786 bits per heavy atom. The van der Waals surface area contributed by atoms with Gasteiger partial charge >= 0.3 is 13.8 Å². The van der Waals surface area contributed by atoms with Crippen LogP contribution in [0.15, 0.2) is 60.7 Å². The minimum atomic E-state index is -4.45. The van der Waals surface area contributed by atoms with E-state index in [2.05, 4.69) is 6.92 Å². The van der Waals surface area contributed by atoms with Crippen LogP contribution in [0, 0.1) is 0 Å². The van der Waals surface area contributed by atoms with Crippen molar-refractivity contribution >= 4 is 13.8 Å². The summed E-state index contributed by atoms with van der Waals surface area (Å²) < 4.78 is 89.0. The van der Waals surface area contributed by atoms with Gasteiger partial charge in [0.05, 0.1) is 12.2 Å². The largest absolute Gasteiger partial charge is 0.530 e. The van der Waals surface area contributed by atoms with Crippen molar-refractivity contribution in [2.45, 2.75) is 121 Å². The third-order valence-electron chi connectivity index (χ3n) is 10.5. The molecule has 56 heavy (non-hydrogen) atoms. The fraction of sp³-hybridized carbons (Fsp3) is 0.537. The van der Waals surface area contributed by atoms with Gasteiger partial charge in [-0.25, -0.2) is 9.36 Å².